The molecule has 0 aliphatic heterocycles. The largest absolute Gasteiger partial charge is 0.466 e. The van der Waals surface area contributed by atoms with Crippen molar-refractivity contribution in [1.82, 2.24) is 0 Å². The third-order valence-electron chi connectivity index (χ3n) is 0.922. The summed E-state index contributed by atoms with van der Waals surface area (Å²) >= 11 is 0. The normalized spacial score (nSPS) is 7.71. The van der Waals surface area contributed by atoms with E-state index in [0.29, 0.717) is 13.2 Å². The molecule has 0 rings (SSSR count). The van der Waals surface area contributed by atoms with Gasteiger partial charge in [0.15, 0.2) is 0 Å². The summed E-state index contributed by atoms with van der Waals surface area (Å²) in [5.74, 6) is -0.599. The second-order valence-electron chi connectivity index (χ2n) is 2.41. The molecule has 4 nitrogen and oxygen atoms in total. The molecule has 0 atom stereocenters. The zero-order valence-electron chi connectivity index (χ0n) is 9.00. The van der Waals surface area contributed by atoms with Crippen LogP contribution < -0.4 is 0 Å². The minimum atomic E-state index is -0.440. The predicted octanol–water partition coefficient (Wildman–Crippen LogP) is 0.915. The molecule has 0 radical (unpaired) electrons. The van der Waals surface area contributed by atoms with Gasteiger partial charge < -0.3 is 9.84 Å². The maximum absolute atomic E-state index is 10.4. The van der Waals surface area contributed by atoms with E-state index in [4.69, 9.17) is 5.11 Å². The maximum atomic E-state index is 10.4. The Morgan fingerprint density at radius 3 is 1.93 bits per heavy atom. The fourth-order valence-corrected chi connectivity index (χ4v) is 0.415. The standard InChI is InChI=1S/C6H10O3.C3H8O.Zr/c1-3-9-6(8)4-5(2)7;1-2-3-4;/h3-4H2,1-2H3;4H,2-3H2,1H3;. The molecule has 5 heteroatoms. The summed E-state index contributed by atoms with van der Waals surface area (Å²) in [5, 5.41) is 7.88. The third kappa shape index (κ3) is 22.7. The van der Waals surface area contributed by atoms with Gasteiger partial charge in [-0.05, 0) is 20.3 Å². The monoisotopic (exact) mass is 280 g/mol. The van der Waals surface area contributed by atoms with Crippen LogP contribution in [0.15, 0.2) is 0 Å². The van der Waals surface area contributed by atoms with Gasteiger partial charge in [-0.3, -0.25) is 9.59 Å². The SMILES string of the molecule is CCCO.CCOC(=O)CC(C)=O.[Zr]. The molecule has 0 aromatic carbocycles. The number of rotatable bonds is 4. The van der Waals surface area contributed by atoms with E-state index in [1.54, 1.807) is 6.92 Å². The van der Waals surface area contributed by atoms with Crippen LogP contribution in [-0.2, 0) is 40.5 Å². The molecular weight excluding hydrogens is 263 g/mol. The Labute approximate surface area is 104 Å². The van der Waals surface area contributed by atoms with Crippen LogP contribution in [0.1, 0.15) is 33.6 Å². The van der Waals surface area contributed by atoms with E-state index in [9.17, 15) is 9.59 Å². The number of carbonyl (C=O) groups excluding carboxylic acids is 2. The van der Waals surface area contributed by atoms with Gasteiger partial charge in [-0.25, -0.2) is 0 Å². The first-order valence-corrected chi connectivity index (χ1v) is 4.34. The Balaban J connectivity index is -0.000000209. The Bertz CT molecular complexity index is 146. The summed E-state index contributed by atoms with van der Waals surface area (Å²) < 4.78 is 4.49. The quantitative estimate of drug-likeness (QED) is 0.615. The van der Waals surface area contributed by atoms with E-state index in [1.807, 2.05) is 6.92 Å². The summed E-state index contributed by atoms with van der Waals surface area (Å²) in [6, 6.07) is 0. The topological polar surface area (TPSA) is 63.6 Å². The Morgan fingerprint density at radius 1 is 1.29 bits per heavy atom. The van der Waals surface area contributed by atoms with Crippen LogP contribution in [0.4, 0.5) is 0 Å². The fraction of sp³-hybridized carbons (Fsp3) is 0.778. The van der Waals surface area contributed by atoms with Crippen molar-refractivity contribution in [2.24, 2.45) is 0 Å². The molecule has 0 saturated carbocycles. The van der Waals surface area contributed by atoms with Crippen molar-refractivity contribution in [3.05, 3.63) is 0 Å². The fourth-order valence-electron chi connectivity index (χ4n) is 0.415. The van der Waals surface area contributed by atoms with Crippen molar-refractivity contribution >= 4 is 11.8 Å². The van der Waals surface area contributed by atoms with Crippen LogP contribution in [0.3, 0.4) is 0 Å². The van der Waals surface area contributed by atoms with E-state index in [0.717, 1.165) is 6.42 Å². The van der Waals surface area contributed by atoms with Crippen molar-refractivity contribution in [2.45, 2.75) is 33.6 Å². The van der Waals surface area contributed by atoms with Crippen LogP contribution in [-0.4, -0.2) is 30.1 Å². The molecule has 0 fully saturated rings. The van der Waals surface area contributed by atoms with Gasteiger partial charge in [0, 0.05) is 32.8 Å². The number of hydrogen-bond donors (Lipinski definition) is 1. The van der Waals surface area contributed by atoms with Gasteiger partial charge in [0.1, 0.15) is 12.2 Å². The van der Waals surface area contributed by atoms with Crippen molar-refractivity contribution in [1.29, 1.82) is 0 Å². The molecule has 82 valence electrons. The first kappa shape index (κ1) is 19.5. The number of carbonyl (C=O) groups is 2. The van der Waals surface area contributed by atoms with Crippen molar-refractivity contribution in [3.8, 4) is 0 Å². The maximum Gasteiger partial charge on any atom is 0.313 e. The molecule has 0 amide bonds. The molecule has 0 heterocycles. The number of hydrogen-bond acceptors (Lipinski definition) is 4. The van der Waals surface area contributed by atoms with Gasteiger partial charge in [-0.1, -0.05) is 6.92 Å². The van der Waals surface area contributed by atoms with Crippen LogP contribution >= 0.6 is 0 Å². The third-order valence-corrected chi connectivity index (χ3v) is 0.922. The molecular formula is C9H18O4Zr. The molecule has 0 aliphatic carbocycles. The van der Waals surface area contributed by atoms with E-state index in [2.05, 4.69) is 4.74 Å². The molecule has 14 heavy (non-hydrogen) atoms. The zero-order chi connectivity index (χ0) is 10.7. The molecule has 0 unspecified atom stereocenters. The average molecular weight is 281 g/mol. The second-order valence-corrected chi connectivity index (χ2v) is 2.41. The average Bonchev–Trinajstić information content (AvgIpc) is 2.04. The Kier molecular flexibility index (Phi) is 21.6. The van der Waals surface area contributed by atoms with E-state index in [1.165, 1.54) is 6.92 Å². The summed E-state index contributed by atoms with van der Waals surface area (Å²) in [4.78, 5) is 20.6. The van der Waals surface area contributed by atoms with Gasteiger partial charge >= 0.3 is 5.97 Å². The summed E-state index contributed by atoms with van der Waals surface area (Å²) in [6.45, 7) is 5.65. The minimum Gasteiger partial charge on any atom is -0.466 e. The number of Topliss-reactive ketones (excluding diaryl/α,β-unsaturated/α-hetero) is 1. The number of aliphatic hydroxyl groups is 1. The Morgan fingerprint density at radius 2 is 1.71 bits per heavy atom. The van der Waals surface area contributed by atoms with Crippen molar-refractivity contribution in [2.75, 3.05) is 13.2 Å². The number of ketones is 1. The molecule has 0 bridgehead atoms. The van der Waals surface area contributed by atoms with Gasteiger partial charge in [-0.15, -0.1) is 0 Å². The second kappa shape index (κ2) is 15.5. The van der Waals surface area contributed by atoms with Crippen LogP contribution in [0.5, 0.6) is 0 Å². The van der Waals surface area contributed by atoms with Gasteiger partial charge in [-0.2, -0.15) is 0 Å². The van der Waals surface area contributed by atoms with Gasteiger partial charge in [0.05, 0.1) is 6.61 Å². The molecule has 0 spiro atoms. The first-order valence-electron chi connectivity index (χ1n) is 4.34. The number of esters is 1. The summed E-state index contributed by atoms with van der Waals surface area (Å²) in [6.07, 6.45) is 0.772. The molecule has 1 N–H and O–H groups in total. The minimum absolute atomic E-state index is 0. The molecule has 0 aliphatic rings. The zero-order valence-corrected chi connectivity index (χ0v) is 11.5. The van der Waals surface area contributed by atoms with Crippen molar-refractivity contribution < 1.29 is 45.6 Å². The summed E-state index contributed by atoms with van der Waals surface area (Å²) in [7, 11) is 0. The predicted molar refractivity (Wildman–Crippen MR) is 49.3 cm³/mol. The van der Waals surface area contributed by atoms with E-state index < -0.39 is 5.97 Å². The van der Waals surface area contributed by atoms with Crippen LogP contribution in [0.25, 0.3) is 0 Å². The van der Waals surface area contributed by atoms with Crippen LogP contribution in [0.2, 0.25) is 0 Å². The molecule has 0 saturated heterocycles. The van der Waals surface area contributed by atoms with Gasteiger partial charge in [0.2, 0.25) is 0 Å². The number of ether oxygens (including phenoxy) is 1. The summed E-state index contributed by atoms with van der Waals surface area (Å²) in [5.41, 5.74) is 0. The number of aliphatic hydroxyl groups excluding tert-OH is 1. The smallest absolute Gasteiger partial charge is 0.313 e. The first-order chi connectivity index (χ1) is 6.08. The van der Waals surface area contributed by atoms with Crippen LogP contribution in [0, 0.1) is 0 Å². The van der Waals surface area contributed by atoms with Gasteiger partial charge in [0.25, 0.3) is 0 Å². The van der Waals surface area contributed by atoms with E-state index in [-0.39, 0.29) is 38.4 Å². The molecule has 0 aromatic rings. The molecule has 0 aromatic heterocycles. The Hall–Kier alpha value is -0.0169. The van der Waals surface area contributed by atoms with Crippen molar-refractivity contribution in [3.63, 3.8) is 0 Å². The van der Waals surface area contributed by atoms with E-state index >= 15 is 0 Å².